The van der Waals surface area contributed by atoms with Gasteiger partial charge in [0.15, 0.2) is 5.69 Å². The first-order valence-corrected chi connectivity index (χ1v) is 8.02. The molecular formula is C15H24N4O4. The smallest absolute Gasteiger partial charge is 0.358 e. The lowest BCUT2D eigenvalue weighted by atomic mass is 9.83. The number of nitrogens with one attached hydrogen (secondary N) is 1. The number of hydrogen-bond acceptors (Lipinski definition) is 5. The second-order valence-electron chi connectivity index (χ2n) is 6.04. The van der Waals surface area contributed by atoms with Crippen LogP contribution in [0.25, 0.3) is 0 Å². The van der Waals surface area contributed by atoms with Crippen molar-refractivity contribution in [3.05, 3.63) is 11.9 Å². The number of carboxylic acids is 1. The van der Waals surface area contributed by atoms with E-state index in [9.17, 15) is 9.59 Å². The fourth-order valence-electron chi connectivity index (χ4n) is 3.04. The average molecular weight is 324 g/mol. The predicted octanol–water partition coefficient (Wildman–Crippen LogP) is 1.08. The van der Waals surface area contributed by atoms with Crippen LogP contribution in [-0.4, -0.2) is 51.7 Å². The van der Waals surface area contributed by atoms with Crippen molar-refractivity contribution in [3.63, 3.8) is 0 Å². The normalized spacial score (nSPS) is 16.4. The van der Waals surface area contributed by atoms with Crippen molar-refractivity contribution in [3.8, 4) is 0 Å². The number of aromatic carboxylic acids is 1. The van der Waals surface area contributed by atoms with Crippen molar-refractivity contribution in [1.82, 2.24) is 20.3 Å². The number of nitrogens with zero attached hydrogens (tertiary/aromatic N) is 3. The summed E-state index contributed by atoms with van der Waals surface area (Å²) in [5.74, 6) is -1.34. The Hall–Kier alpha value is -1.96. The van der Waals surface area contributed by atoms with Crippen LogP contribution < -0.4 is 5.32 Å². The van der Waals surface area contributed by atoms with Crippen LogP contribution in [0, 0.1) is 5.41 Å². The van der Waals surface area contributed by atoms with Gasteiger partial charge in [-0.3, -0.25) is 4.79 Å². The van der Waals surface area contributed by atoms with Gasteiger partial charge >= 0.3 is 5.97 Å². The zero-order valence-electron chi connectivity index (χ0n) is 13.5. The lowest BCUT2D eigenvalue weighted by Gasteiger charge is -2.29. The number of ether oxygens (including phenoxy) is 1. The van der Waals surface area contributed by atoms with Gasteiger partial charge in [-0.25, -0.2) is 9.48 Å². The molecule has 0 bridgehead atoms. The van der Waals surface area contributed by atoms with Crippen LogP contribution in [-0.2, 0) is 16.1 Å². The van der Waals surface area contributed by atoms with E-state index in [1.165, 1.54) is 23.7 Å². The minimum absolute atomic E-state index is 0.0260. The molecule has 1 fully saturated rings. The minimum Gasteiger partial charge on any atom is -0.476 e. The van der Waals surface area contributed by atoms with Gasteiger partial charge in [-0.1, -0.05) is 18.1 Å². The zero-order chi connectivity index (χ0) is 16.7. The van der Waals surface area contributed by atoms with Gasteiger partial charge in [-0.05, 0) is 31.6 Å². The third-order valence-electron chi connectivity index (χ3n) is 4.37. The number of hydrogen-bond donors (Lipinski definition) is 2. The Bertz CT molecular complexity index is 537. The molecule has 0 atom stereocenters. The number of amides is 1. The molecule has 0 radical (unpaired) electrons. The molecule has 2 rings (SSSR count). The zero-order valence-corrected chi connectivity index (χ0v) is 13.5. The highest BCUT2D eigenvalue weighted by Crippen LogP contribution is 2.40. The quantitative estimate of drug-likeness (QED) is 0.658. The Labute approximate surface area is 135 Å². The first kappa shape index (κ1) is 17.4. The summed E-state index contributed by atoms with van der Waals surface area (Å²) < 4.78 is 6.69. The van der Waals surface area contributed by atoms with E-state index in [1.807, 2.05) is 6.92 Å². The summed E-state index contributed by atoms with van der Waals surface area (Å²) in [5.41, 5.74) is -0.0406. The highest BCUT2D eigenvalue weighted by atomic mass is 16.5. The Balaban J connectivity index is 1.82. The molecule has 1 heterocycles. The van der Waals surface area contributed by atoms with E-state index in [-0.39, 0.29) is 23.6 Å². The number of carboxylic acid groups (broad SMARTS) is 1. The third kappa shape index (κ3) is 5.02. The third-order valence-corrected chi connectivity index (χ3v) is 4.37. The predicted molar refractivity (Wildman–Crippen MR) is 82.0 cm³/mol. The molecule has 0 saturated heterocycles. The largest absolute Gasteiger partial charge is 0.476 e. The van der Waals surface area contributed by atoms with E-state index in [2.05, 4.69) is 15.6 Å². The summed E-state index contributed by atoms with van der Waals surface area (Å²) in [7, 11) is 0. The molecule has 1 aliphatic rings. The molecular weight excluding hydrogens is 300 g/mol. The van der Waals surface area contributed by atoms with Gasteiger partial charge in [0.05, 0.1) is 6.20 Å². The first-order valence-electron chi connectivity index (χ1n) is 8.02. The van der Waals surface area contributed by atoms with E-state index in [0.717, 1.165) is 25.9 Å². The molecule has 0 aliphatic heterocycles. The second-order valence-corrected chi connectivity index (χ2v) is 6.04. The van der Waals surface area contributed by atoms with Crippen molar-refractivity contribution < 1.29 is 19.4 Å². The van der Waals surface area contributed by atoms with E-state index in [4.69, 9.17) is 9.84 Å². The Kier molecular flexibility index (Phi) is 6.09. The lowest BCUT2D eigenvalue weighted by Crippen LogP contribution is -2.38. The van der Waals surface area contributed by atoms with Crippen LogP contribution >= 0.6 is 0 Å². The maximum atomic E-state index is 12.0. The molecule has 23 heavy (non-hydrogen) atoms. The molecule has 1 aromatic heterocycles. The van der Waals surface area contributed by atoms with Crippen LogP contribution in [0.5, 0.6) is 0 Å². The van der Waals surface area contributed by atoms with Crippen LogP contribution in [0.3, 0.4) is 0 Å². The number of aromatic nitrogens is 3. The van der Waals surface area contributed by atoms with Crippen molar-refractivity contribution in [2.75, 3.05) is 19.8 Å². The van der Waals surface area contributed by atoms with E-state index in [1.54, 1.807) is 0 Å². The van der Waals surface area contributed by atoms with Gasteiger partial charge in [0.1, 0.15) is 6.54 Å². The van der Waals surface area contributed by atoms with Gasteiger partial charge < -0.3 is 15.2 Å². The van der Waals surface area contributed by atoms with Crippen molar-refractivity contribution in [2.24, 2.45) is 5.41 Å². The van der Waals surface area contributed by atoms with Crippen molar-refractivity contribution in [1.29, 1.82) is 0 Å². The summed E-state index contributed by atoms with van der Waals surface area (Å²) in [6.45, 7) is 4.01. The maximum Gasteiger partial charge on any atom is 0.358 e. The molecule has 128 valence electrons. The molecule has 0 spiro atoms. The van der Waals surface area contributed by atoms with Crippen LogP contribution in [0.2, 0.25) is 0 Å². The molecule has 1 aliphatic carbocycles. The standard InChI is InChI=1S/C15H24N4O4/c1-2-23-8-7-15(5-3-4-6-15)11-16-13(20)10-19-9-12(14(21)22)17-18-19/h9H,2-8,10-11H2,1H3,(H,16,20)(H,21,22). The van der Waals surface area contributed by atoms with Crippen molar-refractivity contribution in [2.45, 2.75) is 45.6 Å². The fourth-order valence-corrected chi connectivity index (χ4v) is 3.04. The topological polar surface area (TPSA) is 106 Å². The molecule has 1 amide bonds. The van der Waals surface area contributed by atoms with Crippen LogP contribution in [0.1, 0.15) is 49.5 Å². The summed E-state index contributed by atoms with van der Waals surface area (Å²) in [4.78, 5) is 22.8. The Morgan fingerprint density at radius 1 is 1.43 bits per heavy atom. The Morgan fingerprint density at radius 2 is 2.17 bits per heavy atom. The molecule has 1 saturated carbocycles. The summed E-state index contributed by atoms with van der Waals surface area (Å²) >= 11 is 0. The molecule has 0 aromatic carbocycles. The highest BCUT2D eigenvalue weighted by molar-refractivity contribution is 5.84. The SMILES string of the molecule is CCOCCC1(CNC(=O)Cn2cc(C(=O)O)nn2)CCCC1. The summed E-state index contributed by atoms with van der Waals surface area (Å²) in [5, 5.41) is 18.9. The molecule has 2 N–H and O–H groups in total. The molecule has 0 unspecified atom stereocenters. The maximum absolute atomic E-state index is 12.0. The fraction of sp³-hybridized carbons (Fsp3) is 0.733. The van der Waals surface area contributed by atoms with E-state index < -0.39 is 5.97 Å². The number of rotatable bonds is 9. The lowest BCUT2D eigenvalue weighted by molar-refractivity contribution is -0.122. The number of carbonyl (C=O) groups excluding carboxylic acids is 1. The average Bonchev–Trinajstić information content (AvgIpc) is 3.16. The Morgan fingerprint density at radius 3 is 2.78 bits per heavy atom. The number of carbonyl (C=O) groups is 2. The van der Waals surface area contributed by atoms with E-state index >= 15 is 0 Å². The highest BCUT2D eigenvalue weighted by Gasteiger charge is 2.33. The second kappa shape index (κ2) is 8.05. The van der Waals surface area contributed by atoms with Gasteiger partial charge in [-0.15, -0.1) is 5.10 Å². The van der Waals surface area contributed by atoms with Crippen LogP contribution in [0.4, 0.5) is 0 Å². The summed E-state index contributed by atoms with van der Waals surface area (Å²) in [6, 6.07) is 0. The van der Waals surface area contributed by atoms with Gasteiger partial charge in [0, 0.05) is 19.8 Å². The van der Waals surface area contributed by atoms with E-state index in [0.29, 0.717) is 13.2 Å². The van der Waals surface area contributed by atoms with Gasteiger partial charge in [-0.2, -0.15) is 0 Å². The molecule has 1 aromatic rings. The molecule has 8 nitrogen and oxygen atoms in total. The first-order chi connectivity index (χ1) is 11.0. The van der Waals surface area contributed by atoms with Gasteiger partial charge in [0.25, 0.3) is 0 Å². The monoisotopic (exact) mass is 324 g/mol. The molecule has 8 heteroatoms. The van der Waals surface area contributed by atoms with Gasteiger partial charge in [0.2, 0.25) is 5.91 Å². The van der Waals surface area contributed by atoms with Crippen molar-refractivity contribution >= 4 is 11.9 Å². The summed E-state index contributed by atoms with van der Waals surface area (Å²) in [6.07, 6.45) is 6.79. The van der Waals surface area contributed by atoms with Crippen LogP contribution in [0.15, 0.2) is 6.20 Å². The minimum atomic E-state index is -1.16.